The number of hydrogen-bond donors (Lipinski definition) is 0. The highest BCUT2D eigenvalue weighted by Gasteiger charge is 2.16. The summed E-state index contributed by atoms with van der Waals surface area (Å²) in [7, 11) is -0.606. The fraction of sp³-hybridized carbons (Fsp3) is 0.467. The van der Waals surface area contributed by atoms with Gasteiger partial charge in [0.2, 0.25) is 0 Å². The molecule has 1 rings (SSSR count). The minimum absolute atomic E-state index is 0.0357. The maximum atomic E-state index is 6.07. The van der Waals surface area contributed by atoms with Crippen LogP contribution in [0.1, 0.15) is 46.1 Å². The van der Waals surface area contributed by atoms with E-state index in [9.17, 15) is 0 Å². The Kier molecular flexibility index (Phi) is 5.16. The molecular formula is C15H24OSi. The molecule has 1 aromatic carbocycles. The Balaban J connectivity index is 2.55. The number of allylic oxidation sites excluding steroid dienone is 1. The molecule has 0 fully saturated rings. The summed E-state index contributed by atoms with van der Waals surface area (Å²) < 4.78 is 6.07. The summed E-state index contributed by atoms with van der Waals surface area (Å²) in [5.41, 5.74) is 2.37. The van der Waals surface area contributed by atoms with E-state index >= 15 is 0 Å². The quantitative estimate of drug-likeness (QED) is 0.703. The van der Waals surface area contributed by atoms with E-state index in [1.807, 2.05) is 6.92 Å². The van der Waals surface area contributed by atoms with Gasteiger partial charge in [-0.1, -0.05) is 49.8 Å². The third-order valence-electron chi connectivity index (χ3n) is 2.93. The molecule has 2 heteroatoms. The van der Waals surface area contributed by atoms with Crippen LogP contribution in [0.25, 0.3) is 5.57 Å². The predicted octanol–water partition coefficient (Wildman–Crippen LogP) is 3.02. The normalized spacial score (nSPS) is 12.2. The Labute approximate surface area is 108 Å². The monoisotopic (exact) mass is 248 g/mol. The molecule has 0 saturated carbocycles. The van der Waals surface area contributed by atoms with Crippen LogP contribution in [0.4, 0.5) is 0 Å². The Morgan fingerprint density at radius 2 is 1.88 bits per heavy atom. The van der Waals surface area contributed by atoms with Crippen molar-refractivity contribution in [3.05, 3.63) is 36.4 Å². The van der Waals surface area contributed by atoms with Crippen molar-refractivity contribution in [3.8, 4) is 0 Å². The van der Waals surface area contributed by atoms with E-state index in [0.717, 1.165) is 12.0 Å². The van der Waals surface area contributed by atoms with Crippen molar-refractivity contribution in [2.75, 3.05) is 0 Å². The molecular weight excluding hydrogens is 224 g/mol. The van der Waals surface area contributed by atoms with E-state index in [2.05, 4.69) is 51.6 Å². The van der Waals surface area contributed by atoms with Gasteiger partial charge in [-0.15, -0.1) is 0 Å². The summed E-state index contributed by atoms with van der Waals surface area (Å²) in [6, 6.07) is 8.64. The zero-order chi connectivity index (χ0) is 12.9. The lowest BCUT2D eigenvalue weighted by Gasteiger charge is -2.25. The van der Waals surface area contributed by atoms with Gasteiger partial charge in [-0.05, 0) is 37.9 Å². The van der Waals surface area contributed by atoms with Crippen LogP contribution in [-0.4, -0.2) is 15.4 Å². The van der Waals surface area contributed by atoms with Crippen LogP contribution in [0.3, 0.4) is 0 Å². The van der Waals surface area contributed by atoms with Gasteiger partial charge >= 0.3 is 0 Å². The molecule has 0 radical (unpaired) electrons. The predicted molar refractivity (Wildman–Crippen MR) is 79.4 cm³/mol. The van der Waals surface area contributed by atoms with Gasteiger partial charge in [-0.3, -0.25) is 0 Å². The molecule has 0 heterocycles. The van der Waals surface area contributed by atoms with Gasteiger partial charge < -0.3 is 4.43 Å². The molecule has 0 N–H and O–H groups in total. The van der Waals surface area contributed by atoms with Crippen molar-refractivity contribution in [1.29, 1.82) is 0 Å². The first-order valence-corrected chi connectivity index (χ1v) is 7.62. The van der Waals surface area contributed by atoms with Gasteiger partial charge in [0.1, 0.15) is 0 Å². The van der Waals surface area contributed by atoms with Gasteiger partial charge in [0.25, 0.3) is 0 Å². The maximum absolute atomic E-state index is 6.07. The van der Waals surface area contributed by atoms with E-state index in [-0.39, 0.29) is 5.60 Å². The molecule has 1 aromatic rings. The largest absolute Gasteiger partial charge is 0.414 e. The standard InChI is InChI=1S/C15H24OSi/c1-6-11-15(4,5)16-17-14-9-7-13(8-10-14)12(2)3/h7-10H,2,6,11,17H2,1,3-5H3. The first kappa shape index (κ1) is 14.2. The summed E-state index contributed by atoms with van der Waals surface area (Å²) in [5.74, 6) is 0. The van der Waals surface area contributed by atoms with Crippen molar-refractivity contribution in [3.63, 3.8) is 0 Å². The highest BCUT2D eigenvalue weighted by molar-refractivity contribution is 6.47. The van der Waals surface area contributed by atoms with Gasteiger partial charge in [0.15, 0.2) is 9.76 Å². The van der Waals surface area contributed by atoms with Crippen molar-refractivity contribution in [1.82, 2.24) is 0 Å². The van der Waals surface area contributed by atoms with E-state index in [1.165, 1.54) is 17.2 Å². The van der Waals surface area contributed by atoms with E-state index in [1.54, 1.807) is 0 Å². The van der Waals surface area contributed by atoms with Gasteiger partial charge in [0.05, 0.1) is 5.60 Å². The molecule has 17 heavy (non-hydrogen) atoms. The minimum atomic E-state index is -0.606. The molecule has 1 nitrogen and oxygen atoms in total. The van der Waals surface area contributed by atoms with Crippen LogP contribution in [0.15, 0.2) is 30.8 Å². The van der Waals surface area contributed by atoms with Crippen LogP contribution in [0.2, 0.25) is 0 Å². The minimum Gasteiger partial charge on any atom is -0.414 e. The first-order valence-electron chi connectivity index (χ1n) is 6.33. The summed E-state index contributed by atoms with van der Waals surface area (Å²) in [6.45, 7) is 12.6. The van der Waals surface area contributed by atoms with Crippen LogP contribution in [0, 0.1) is 0 Å². The summed E-state index contributed by atoms with van der Waals surface area (Å²) in [6.07, 6.45) is 2.31. The molecule has 0 atom stereocenters. The molecule has 0 aliphatic rings. The average molecular weight is 248 g/mol. The Hall–Kier alpha value is -0.863. The summed E-state index contributed by atoms with van der Waals surface area (Å²) in [4.78, 5) is 0. The molecule has 94 valence electrons. The highest BCUT2D eigenvalue weighted by Crippen LogP contribution is 2.15. The van der Waals surface area contributed by atoms with Crippen LogP contribution in [-0.2, 0) is 4.43 Å². The lowest BCUT2D eigenvalue weighted by atomic mass is 10.0. The summed E-state index contributed by atoms with van der Waals surface area (Å²) in [5, 5.41) is 1.36. The van der Waals surface area contributed by atoms with Crippen molar-refractivity contribution in [2.45, 2.75) is 46.1 Å². The average Bonchev–Trinajstić information content (AvgIpc) is 2.27. The maximum Gasteiger partial charge on any atom is 0.192 e. The number of hydrogen-bond acceptors (Lipinski definition) is 1. The van der Waals surface area contributed by atoms with Crippen molar-refractivity contribution < 1.29 is 4.43 Å². The SMILES string of the molecule is C=C(C)c1ccc([SiH2]OC(C)(C)CCC)cc1. The Bertz CT molecular complexity index is 365. The van der Waals surface area contributed by atoms with E-state index in [0.29, 0.717) is 0 Å². The highest BCUT2D eigenvalue weighted by atomic mass is 28.2. The molecule has 0 aromatic heterocycles. The second-order valence-corrected chi connectivity index (χ2v) is 6.67. The molecule has 0 amide bonds. The molecule has 0 bridgehead atoms. The number of benzene rings is 1. The van der Waals surface area contributed by atoms with Crippen LogP contribution >= 0.6 is 0 Å². The van der Waals surface area contributed by atoms with Crippen molar-refractivity contribution in [2.24, 2.45) is 0 Å². The third-order valence-corrected chi connectivity index (χ3v) is 4.66. The molecule has 0 saturated heterocycles. The smallest absolute Gasteiger partial charge is 0.192 e. The fourth-order valence-electron chi connectivity index (χ4n) is 1.84. The Morgan fingerprint density at radius 3 is 2.35 bits per heavy atom. The van der Waals surface area contributed by atoms with E-state index in [4.69, 9.17) is 4.43 Å². The second kappa shape index (κ2) is 6.17. The second-order valence-electron chi connectivity index (χ2n) is 5.28. The van der Waals surface area contributed by atoms with Gasteiger partial charge in [-0.25, -0.2) is 0 Å². The van der Waals surface area contributed by atoms with E-state index < -0.39 is 9.76 Å². The van der Waals surface area contributed by atoms with Gasteiger partial charge in [-0.2, -0.15) is 0 Å². The topological polar surface area (TPSA) is 9.23 Å². The van der Waals surface area contributed by atoms with Crippen molar-refractivity contribution >= 4 is 20.5 Å². The van der Waals surface area contributed by atoms with Gasteiger partial charge in [0, 0.05) is 0 Å². The van der Waals surface area contributed by atoms with Crippen LogP contribution in [0.5, 0.6) is 0 Å². The zero-order valence-corrected chi connectivity index (χ0v) is 13.0. The van der Waals surface area contributed by atoms with Crippen LogP contribution < -0.4 is 5.19 Å². The summed E-state index contributed by atoms with van der Waals surface area (Å²) >= 11 is 0. The molecule has 0 spiro atoms. The lowest BCUT2D eigenvalue weighted by Crippen LogP contribution is -2.31. The Morgan fingerprint density at radius 1 is 1.29 bits per heavy atom. The molecule has 0 unspecified atom stereocenters. The first-order chi connectivity index (χ1) is 7.94. The molecule has 0 aliphatic heterocycles. The zero-order valence-electron chi connectivity index (χ0n) is 11.5. The fourth-order valence-corrected chi connectivity index (χ4v) is 2.97. The molecule has 0 aliphatic carbocycles. The third kappa shape index (κ3) is 4.88. The lowest BCUT2D eigenvalue weighted by molar-refractivity contribution is 0.107. The number of rotatable bonds is 6.